The minimum absolute atomic E-state index is 0.325. The zero-order valence-electron chi connectivity index (χ0n) is 14.2. The Morgan fingerprint density at radius 2 is 1.77 bits per heavy atom. The molecule has 3 rings (SSSR count). The molecular weight excluding hydrogens is 352 g/mol. The van der Waals surface area contributed by atoms with Crippen LogP contribution in [0.5, 0.6) is 0 Å². The lowest BCUT2D eigenvalue weighted by Gasteiger charge is -2.04. The molecule has 1 amide bonds. The van der Waals surface area contributed by atoms with Gasteiger partial charge in [0.2, 0.25) is 0 Å². The highest BCUT2D eigenvalue weighted by atomic mass is 35.5. The molecule has 1 heterocycles. The first kappa shape index (κ1) is 18.0. The molecule has 1 N–H and O–H groups in total. The monoisotopic (exact) mass is 370 g/mol. The maximum absolute atomic E-state index is 12.2. The van der Waals surface area contributed by atoms with Crippen LogP contribution in [0.3, 0.4) is 0 Å². The molecule has 0 unspecified atom stereocenters. The van der Waals surface area contributed by atoms with Crippen molar-refractivity contribution in [2.24, 2.45) is 0 Å². The molecule has 0 saturated heterocycles. The molecule has 0 saturated carbocycles. The summed E-state index contributed by atoms with van der Waals surface area (Å²) in [6.07, 6.45) is 4.14. The summed E-state index contributed by atoms with van der Waals surface area (Å²) in [6, 6.07) is 16.6. The van der Waals surface area contributed by atoms with E-state index < -0.39 is 11.8 Å². The van der Waals surface area contributed by atoms with E-state index in [-0.39, 0.29) is 0 Å². The van der Waals surface area contributed by atoms with Crippen molar-refractivity contribution in [2.45, 2.75) is 19.3 Å². The van der Waals surface area contributed by atoms with Crippen LogP contribution in [0.1, 0.15) is 18.4 Å². The highest BCUT2D eigenvalue weighted by Crippen LogP contribution is 2.20. The van der Waals surface area contributed by atoms with Crippen LogP contribution in [0.2, 0.25) is 5.02 Å². The number of carbonyl (C=O) groups is 1. The predicted octanol–water partition coefficient (Wildman–Crippen LogP) is 4.34. The van der Waals surface area contributed by atoms with E-state index >= 15 is 0 Å². The molecule has 2 aromatic carbocycles. The third-order valence-electron chi connectivity index (χ3n) is 4.00. The highest BCUT2D eigenvalue weighted by molar-refractivity contribution is 6.30. The Balaban J connectivity index is 1.52. The summed E-state index contributed by atoms with van der Waals surface area (Å²) in [6.45, 7) is 0.500. The molecule has 6 heteroatoms. The van der Waals surface area contributed by atoms with E-state index in [9.17, 15) is 9.59 Å². The fourth-order valence-corrected chi connectivity index (χ4v) is 2.73. The Kier molecular flexibility index (Phi) is 5.92. The van der Waals surface area contributed by atoms with Gasteiger partial charge in [-0.2, -0.15) is 4.57 Å². The minimum Gasteiger partial charge on any atom is -0.407 e. The van der Waals surface area contributed by atoms with Gasteiger partial charge in [-0.3, -0.25) is 0 Å². The lowest BCUT2D eigenvalue weighted by Crippen LogP contribution is -2.34. The molecule has 134 valence electrons. The first-order valence-electron chi connectivity index (χ1n) is 8.44. The number of benzene rings is 2. The van der Waals surface area contributed by atoms with E-state index in [0.29, 0.717) is 22.9 Å². The zero-order valence-corrected chi connectivity index (χ0v) is 14.9. The largest absolute Gasteiger partial charge is 0.427 e. The van der Waals surface area contributed by atoms with Gasteiger partial charge in [0.05, 0.1) is 6.20 Å². The van der Waals surface area contributed by atoms with Crippen molar-refractivity contribution in [3.63, 3.8) is 0 Å². The number of oxazole rings is 1. The van der Waals surface area contributed by atoms with E-state index in [0.717, 1.165) is 23.8 Å². The third kappa shape index (κ3) is 4.64. The van der Waals surface area contributed by atoms with Crippen LogP contribution in [-0.2, 0) is 6.42 Å². The Morgan fingerprint density at radius 3 is 2.50 bits per heavy atom. The minimum atomic E-state index is -0.711. The van der Waals surface area contributed by atoms with Gasteiger partial charge in [-0.15, -0.1) is 0 Å². The van der Waals surface area contributed by atoms with Gasteiger partial charge in [-0.05, 0) is 49.1 Å². The molecular formula is C20H19ClN2O3. The standard InChI is InChI=1S/C20H19ClN2O3/c21-17-11-9-16(10-12-17)18-14-23(20(25)26-18)19(24)22-13-5-4-8-15-6-2-1-3-7-15/h1-3,6-7,9-12,14H,4-5,8,13H2,(H,22,24). The van der Waals surface area contributed by atoms with Crippen LogP contribution in [-0.4, -0.2) is 17.1 Å². The quantitative estimate of drug-likeness (QED) is 0.656. The van der Waals surface area contributed by atoms with Crippen molar-refractivity contribution in [3.8, 4) is 11.3 Å². The summed E-state index contributed by atoms with van der Waals surface area (Å²) >= 11 is 5.85. The fraction of sp³-hybridized carbons (Fsp3) is 0.200. The van der Waals surface area contributed by atoms with Gasteiger partial charge in [-0.1, -0.05) is 41.9 Å². The van der Waals surface area contributed by atoms with Gasteiger partial charge < -0.3 is 9.73 Å². The van der Waals surface area contributed by atoms with Gasteiger partial charge in [0, 0.05) is 17.1 Å². The topological polar surface area (TPSA) is 64.2 Å². The number of carbonyl (C=O) groups excluding carboxylic acids is 1. The second-order valence-electron chi connectivity index (χ2n) is 5.91. The first-order chi connectivity index (χ1) is 12.6. The van der Waals surface area contributed by atoms with E-state index in [1.165, 1.54) is 11.8 Å². The van der Waals surface area contributed by atoms with E-state index in [4.69, 9.17) is 16.0 Å². The Labute approximate surface area is 156 Å². The molecule has 0 bridgehead atoms. The van der Waals surface area contributed by atoms with Crippen LogP contribution in [0.25, 0.3) is 11.3 Å². The van der Waals surface area contributed by atoms with Crippen molar-refractivity contribution < 1.29 is 9.21 Å². The average molecular weight is 371 g/mol. The number of halogens is 1. The van der Waals surface area contributed by atoms with E-state index in [1.54, 1.807) is 24.3 Å². The molecule has 5 nitrogen and oxygen atoms in total. The van der Waals surface area contributed by atoms with Crippen molar-refractivity contribution in [2.75, 3.05) is 6.54 Å². The molecule has 0 fully saturated rings. The van der Waals surface area contributed by atoms with E-state index in [1.807, 2.05) is 18.2 Å². The van der Waals surface area contributed by atoms with Gasteiger partial charge in [0.1, 0.15) is 0 Å². The smallest absolute Gasteiger partial charge is 0.407 e. The molecule has 0 aliphatic rings. The van der Waals surface area contributed by atoms with Crippen molar-refractivity contribution >= 4 is 17.6 Å². The Hall–Kier alpha value is -2.79. The molecule has 0 spiro atoms. The van der Waals surface area contributed by atoms with Crippen molar-refractivity contribution in [1.82, 2.24) is 9.88 Å². The van der Waals surface area contributed by atoms with Crippen LogP contribution in [0.4, 0.5) is 4.79 Å². The highest BCUT2D eigenvalue weighted by Gasteiger charge is 2.13. The summed E-state index contributed by atoms with van der Waals surface area (Å²) in [4.78, 5) is 24.1. The SMILES string of the molecule is O=C(NCCCCc1ccccc1)n1cc(-c2ccc(Cl)cc2)oc1=O. The Bertz CT molecular complexity index is 914. The molecule has 0 radical (unpaired) electrons. The third-order valence-corrected chi connectivity index (χ3v) is 4.25. The summed E-state index contributed by atoms with van der Waals surface area (Å²) in [5.41, 5.74) is 1.96. The molecule has 0 aliphatic carbocycles. The summed E-state index contributed by atoms with van der Waals surface area (Å²) in [7, 11) is 0. The van der Waals surface area contributed by atoms with Crippen LogP contribution in [0.15, 0.2) is 70.0 Å². The normalized spacial score (nSPS) is 10.7. The second-order valence-corrected chi connectivity index (χ2v) is 6.35. The predicted molar refractivity (Wildman–Crippen MR) is 102 cm³/mol. The van der Waals surface area contributed by atoms with Gasteiger partial charge >= 0.3 is 11.8 Å². The van der Waals surface area contributed by atoms with Crippen LogP contribution >= 0.6 is 11.6 Å². The summed E-state index contributed by atoms with van der Waals surface area (Å²) in [5, 5.41) is 3.33. The molecule has 0 atom stereocenters. The Morgan fingerprint density at radius 1 is 1.04 bits per heavy atom. The lowest BCUT2D eigenvalue weighted by molar-refractivity contribution is 0.240. The number of amides is 1. The number of hydrogen-bond donors (Lipinski definition) is 1. The number of nitrogens with zero attached hydrogens (tertiary/aromatic N) is 1. The van der Waals surface area contributed by atoms with Crippen LogP contribution in [0, 0.1) is 0 Å². The molecule has 26 heavy (non-hydrogen) atoms. The fourth-order valence-electron chi connectivity index (χ4n) is 2.61. The van der Waals surface area contributed by atoms with Crippen molar-refractivity contribution in [1.29, 1.82) is 0 Å². The number of aromatic nitrogens is 1. The summed E-state index contributed by atoms with van der Waals surface area (Å²) < 4.78 is 6.10. The second kappa shape index (κ2) is 8.54. The summed E-state index contributed by atoms with van der Waals surface area (Å²) in [5.74, 6) is -0.386. The van der Waals surface area contributed by atoms with Gasteiger partial charge in [0.25, 0.3) is 0 Å². The van der Waals surface area contributed by atoms with Crippen molar-refractivity contribution in [3.05, 3.63) is 81.9 Å². The maximum Gasteiger partial charge on any atom is 0.427 e. The molecule has 1 aromatic heterocycles. The number of nitrogens with one attached hydrogen (secondary N) is 1. The number of rotatable bonds is 6. The molecule has 0 aliphatic heterocycles. The zero-order chi connectivity index (χ0) is 18.4. The van der Waals surface area contributed by atoms with E-state index in [2.05, 4.69) is 17.4 Å². The van der Waals surface area contributed by atoms with Crippen LogP contribution < -0.4 is 11.1 Å². The van der Waals surface area contributed by atoms with Gasteiger partial charge in [-0.25, -0.2) is 9.59 Å². The number of unbranched alkanes of at least 4 members (excludes halogenated alkanes) is 1. The maximum atomic E-state index is 12.2. The number of hydrogen-bond acceptors (Lipinski definition) is 3. The molecule has 3 aromatic rings. The lowest BCUT2D eigenvalue weighted by atomic mass is 10.1. The average Bonchev–Trinajstić information content (AvgIpc) is 3.04. The number of aryl methyl sites for hydroxylation is 1. The van der Waals surface area contributed by atoms with Gasteiger partial charge in [0.15, 0.2) is 5.76 Å². The first-order valence-corrected chi connectivity index (χ1v) is 8.82.